The highest BCUT2D eigenvalue weighted by molar-refractivity contribution is 7.87. The van der Waals surface area contributed by atoms with Crippen molar-refractivity contribution in [1.82, 2.24) is 0 Å². The maximum atomic E-state index is 12.1. The van der Waals surface area contributed by atoms with Crippen LogP contribution in [0.15, 0.2) is 58.2 Å². The molecule has 0 heterocycles. The van der Waals surface area contributed by atoms with Crippen LogP contribution in [0, 0.1) is 13.8 Å². The summed E-state index contributed by atoms with van der Waals surface area (Å²) < 4.78 is 29.1. The summed E-state index contributed by atoms with van der Waals surface area (Å²) in [7, 11) is -4.00. The van der Waals surface area contributed by atoms with E-state index in [0.29, 0.717) is 0 Å². The van der Waals surface area contributed by atoms with Gasteiger partial charge in [0.05, 0.1) is 0 Å². The summed E-state index contributed by atoms with van der Waals surface area (Å²) in [6.07, 6.45) is 0. The predicted molar refractivity (Wildman–Crippen MR) is 76.4 cm³/mol. The van der Waals surface area contributed by atoms with E-state index in [1.165, 1.54) is 24.3 Å². The van der Waals surface area contributed by atoms with Crippen LogP contribution in [0.5, 0.6) is 5.75 Å². The highest BCUT2D eigenvalue weighted by atomic mass is 32.2. The van der Waals surface area contributed by atoms with Gasteiger partial charge in [0.25, 0.3) is 0 Å². The van der Waals surface area contributed by atoms with Gasteiger partial charge in [0.1, 0.15) is 4.90 Å². The van der Waals surface area contributed by atoms with Gasteiger partial charge in [0.15, 0.2) is 5.75 Å². The van der Waals surface area contributed by atoms with Crippen molar-refractivity contribution in [3.05, 3.63) is 69.9 Å². The molecule has 0 fully saturated rings. The molecule has 5 heteroatoms. The van der Waals surface area contributed by atoms with Crippen LogP contribution < -0.4 is 9.61 Å². The molecule has 0 N–H and O–H groups in total. The molecule has 2 aromatic carbocycles. The zero-order valence-corrected chi connectivity index (χ0v) is 12.0. The predicted octanol–water partition coefficient (Wildman–Crippen LogP) is 2.43. The summed E-state index contributed by atoms with van der Waals surface area (Å²) in [6.45, 7) is 3.60. The molecule has 0 atom stereocenters. The smallest absolute Gasteiger partial charge is 0.339 e. The van der Waals surface area contributed by atoms with E-state index in [9.17, 15) is 13.2 Å². The van der Waals surface area contributed by atoms with E-state index < -0.39 is 15.5 Å². The molecule has 0 aliphatic heterocycles. The lowest BCUT2D eigenvalue weighted by molar-refractivity contribution is 0.484. The second-order valence-corrected chi connectivity index (χ2v) is 6.04. The van der Waals surface area contributed by atoms with E-state index in [1.807, 2.05) is 6.92 Å². The van der Waals surface area contributed by atoms with Crippen molar-refractivity contribution in [2.24, 2.45) is 0 Å². The van der Waals surface area contributed by atoms with Crippen molar-refractivity contribution in [2.45, 2.75) is 18.7 Å². The Balaban J connectivity index is 2.41. The molecule has 0 aromatic heterocycles. The van der Waals surface area contributed by atoms with Gasteiger partial charge in [-0.05, 0) is 43.7 Å². The standard InChI is InChI=1S/C15H14O4S/c1-11-6-8-13(9-7-11)20(17,18)19-15-5-3-4-12(2)10-14(15)16/h3-10H,1-2H3. The van der Waals surface area contributed by atoms with Crippen LogP contribution in [0.1, 0.15) is 11.1 Å². The Morgan fingerprint density at radius 3 is 2.20 bits per heavy atom. The second kappa shape index (κ2) is 5.46. The van der Waals surface area contributed by atoms with Gasteiger partial charge < -0.3 is 4.18 Å². The van der Waals surface area contributed by atoms with E-state index in [0.717, 1.165) is 11.1 Å². The third-order valence-electron chi connectivity index (χ3n) is 2.72. The maximum absolute atomic E-state index is 12.1. The highest BCUT2D eigenvalue weighted by Crippen LogP contribution is 2.15. The van der Waals surface area contributed by atoms with Crippen LogP contribution in [0.2, 0.25) is 0 Å². The van der Waals surface area contributed by atoms with Crippen molar-refractivity contribution in [1.29, 1.82) is 0 Å². The topological polar surface area (TPSA) is 60.4 Å². The highest BCUT2D eigenvalue weighted by Gasteiger charge is 2.17. The van der Waals surface area contributed by atoms with Gasteiger partial charge >= 0.3 is 10.1 Å². The molecular formula is C15H14O4S. The lowest BCUT2D eigenvalue weighted by Gasteiger charge is -2.05. The second-order valence-electron chi connectivity index (χ2n) is 4.49. The van der Waals surface area contributed by atoms with Crippen LogP contribution in [0.4, 0.5) is 0 Å². The molecular weight excluding hydrogens is 276 g/mol. The van der Waals surface area contributed by atoms with E-state index in [4.69, 9.17) is 4.18 Å². The monoisotopic (exact) mass is 290 g/mol. The minimum atomic E-state index is -4.00. The molecule has 2 aromatic rings. The zero-order chi connectivity index (χ0) is 14.8. The Kier molecular flexibility index (Phi) is 3.90. The molecule has 0 saturated heterocycles. The normalized spacial score (nSPS) is 11.1. The average molecular weight is 290 g/mol. The first-order valence-corrected chi connectivity index (χ1v) is 7.41. The lowest BCUT2D eigenvalue weighted by Crippen LogP contribution is -2.14. The maximum Gasteiger partial charge on any atom is 0.339 e. The molecule has 0 amide bonds. The fourth-order valence-electron chi connectivity index (χ4n) is 1.64. The van der Waals surface area contributed by atoms with E-state index in [2.05, 4.69) is 0 Å². The number of hydrogen-bond donors (Lipinski definition) is 0. The summed E-state index contributed by atoms with van der Waals surface area (Å²) in [6, 6.07) is 12.2. The van der Waals surface area contributed by atoms with Gasteiger partial charge in [0.2, 0.25) is 5.43 Å². The first-order chi connectivity index (χ1) is 9.38. The molecule has 0 spiro atoms. The Morgan fingerprint density at radius 1 is 0.900 bits per heavy atom. The van der Waals surface area contributed by atoms with Crippen molar-refractivity contribution < 1.29 is 12.6 Å². The van der Waals surface area contributed by atoms with Gasteiger partial charge in [0, 0.05) is 0 Å². The van der Waals surface area contributed by atoms with Gasteiger partial charge in [-0.15, -0.1) is 0 Å². The molecule has 0 saturated carbocycles. The molecule has 0 unspecified atom stereocenters. The Morgan fingerprint density at radius 2 is 1.55 bits per heavy atom. The first kappa shape index (κ1) is 14.3. The van der Waals surface area contributed by atoms with Gasteiger partial charge in [-0.1, -0.05) is 29.8 Å². The molecule has 20 heavy (non-hydrogen) atoms. The molecule has 0 aliphatic carbocycles. The molecule has 104 valence electrons. The molecule has 2 rings (SSSR count). The SMILES string of the molecule is Cc1ccc(S(=O)(=O)Oc2cccc(C)cc2=O)cc1. The minimum absolute atomic E-state index is 0.0192. The fraction of sp³-hybridized carbons (Fsp3) is 0.133. The quantitative estimate of drug-likeness (QED) is 0.815. The Bertz CT molecular complexity index is 778. The lowest BCUT2D eigenvalue weighted by atomic mass is 10.2. The van der Waals surface area contributed by atoms with E-state index in [1.54, 1.807) is 31.2 Å². The Hall–Kier alpha value is -2.14. The van der Waals surface area contributed by atoms with Gasteiger partial charge in [-0.25, -0.2) is 0 Å². The van der Waals surface area contributed by atoms with Crippen LogP contribution in [0.25, 0.3) is 0 Å². The van der Waals surface area contributed by atoms with Crippen LogP contribution in [-0.4, -0.2) is 8.42 Å². The summed E-state index contributed by atoms with van der Waals surface area (Å²) in [5, 5.41) is 0. The van der Waals surface area contributed by atoms with Crippen molar-refractivity contribution in [2.75, 3.05) is 0 Å². The average Bonchev–Trinajstić information content (AvgIpc) is 2.51. The van der Waals surface area contributed by atoms with Crippen LogP contribution in [-0.2, 0) is 10.1 Å². The van der Waals surface area contributed by atoms with E-state index in [-0.39, 0.29) is 10.6 Å². The van der Waals surface area contributed by atoms with Crippen LogP contribution >= 0.6 is 0 Å². The summed E-state index contributed by atoms with van der Waals surface area (Å²) in [5.74, 6) is -0.210. The van der Waals surface area contributed by atoms with Crippen LogP contribution in [0.3, 0.4) is 0 Å². The molecule has 0 bridgehead atoms. The largest absolute Gasteiger partial charge is 0.375 e. The summed E-state index contributed by atoms with van der Waals surface area (Å²) >= 11 is 0. The number of benzene rings is 1. The fourth-order valence-corrected chi connectivity index (χ4v) is 2.58. The number of rotatable bonds is 3. The van der Waals surface area contributed by atoms with Gasteiger partial charge in [-0.3, -0.25) is 4.79 Å². The third kappa shape index (κ3) is 3.24. The first-order valence-electron chi connectivity index (χ1n) is 6.01. The summed E-state index contributed by atoms with van der Waals surface area (Å²) in [4.78, 5) is 11.8. The summed E-state index contributed by atoms with van der Waals surface area (Å²) in [5.41, 5.74) is 1.20. The number of hydrogen-bond acceptors (Lipinski definition) is 4. The minimum Gasteiger partial charge on any atom is -0.375 e. The van der Waals surface area contributed by atoms with Crippen molar-refractivity contribution in [3.63, 3.8) is 0 Å². The Labute approximate surface area is 117 Å². The molecule has 0 radical (unpaired) electrons. The molecule has 4 nitrogen and oxygen atoms in total. The zero-order valence-electron chi connectivity index (χ0n) is 11.2. The van der Waals surface area contributed by atoms with Crippen molar-refractivity contribution in [3.8, 4) is 5.75 Å². The molecule has 0 aliphatic rings. The van der Waals surface area contributed by atoms with Gasteiger partial charge in [-0.2, -0.15) is 8.42 Å². The van der Waals surface area contributed by atoms with Crippen molar-refractivity contribution >= 4 is 10.1 Å². The third-order valence-corrected chi connectivity index (χ3v) is 3.97. The van der Waals surface area contributed by atoms with E-state index >= 15 is 0 Å². The number of aryl methyl sites for hydroxylation is 2.